The van der Waals surface area contributed by atoms with E-state index in [9.17, 15) is 4.39 Å². The summed E-state index contributed by atoms with van der Waals surface area (Å²) in [6, 6.07) is 3.31. The maximum absolute atomic E-state index is 13.7. The zero-order valence-electron chi connectivity index (χ0n) is 10.7. The van der Waals surface area contributed by atoms with Gasteiger partial charge in [-0.1, -0.05) is 0 Å². The first-order valence-electron chi connectivity index (χ1n) is 5.64. The van der Waals surface area contributed by atoms with Gasteiger partial charge in [-0.25, -0.2) is 4.39 Å². The van der Waals surface area contributed by atoms with Gasteiger partial charge in [-0.15, -0.1) is 0 Å². The Morgan fingerprint density at radius 1 is 1.17 bits per heavy atom. The third kappa shape index (κ3) is 2.49. The largest absolute Gasteiger partial charge is 0.494 e. The van der Waals surface area contributed by atoms with Gasteiger partial charge >= 0.3 is 7.12 Å². The molecule has 1 heterocycles. The number of hydrogen-bond acceptors (Lipinski definition) is 2. The van der Waals surface area contributed by atoms with Gasteiger partial charge in [0.2, 0.25) is 0 Å². The number of hydrogen-bond donors (Lipinski definition) is 0. The Bertz CT molecular complexity index is 454. The molecule has 0 spiro atoms. The molecule has 1 saturated heterocycles. The lowest BCUT2D eigenvalue weighted by molar-refractivity contribution is 0.00578. The number of benzene rings is 1. The van der Waals surface area contributed by atoms with Crippen LogP contribution >= 0.6 is 38.5 Å². The molecular weight excluding hydrogens is 413 g/mol. The van der Waals surface area contributed by atoms with Gasteiger partial charge in [0.1, 0.15) is 5.82 Å². The van der Waals surface area contributed by atoms with Crippen LogP contribution in [0.2, 0.25) is 0 Å². The van der Waals surface area contributed by atoms with Crippen LogP contribution in [0.15, 0.2) is 16.6 Å². The van der Waals surface area contributed by atoms with Crippen molar-refractivity contribution in [2.45, 2.75) is 38.9 Å². The van der Waals surface area contributed by atoms with Gasteiger partial charge in [0.15, 0.2) is 0 Å². The first-order valence-corrected chi connectivity index (χ1v) is 7.51. The van der Waals surface area contributed by atoms with E-state index in [2.05, 4.69) is 15.9 Å². The Labute approximate surface area is 129 Å². The third-order valence-corrected chi connectivity index (χ3v) is 5.99. The van der Waals surface area contributed by atoms with Crippen molar-refractivity contribution in [2.24, 2.45) is 0 Å². The van der Waals surface area contributed by atoms with Crippen molar-refractivity contribution >= 4 is 51.1 Å². The molecule has 6 heteroatoms. The van der Waals surface area contributed by atoms with E-state index in [1.807, 2.05) is 56.4 Å². The summed E-state index contributed by atoms with van der Waals surface area (Å²) in [6.45, 7) is 7.91. The van der Waals surface area contributed by atoms with Crippen molar-refractivity contribution in [1.82, 2.24) is 0 Å². The van der Waals surface area contributed by atoms with Crippen LogP contribution in [0.25, 0.3) is 0 Å². The molecule has 1 aromatic carbocycles. The van der Waals surface area contributed by atoms with E-state index >= 15 is 0 Å². The van der Waals surface area contributed by atoms with E-state index in [-0.39, 0.29) is 5.82 Å². The highest BCUT2D eigenvalue weighted by Gasteiger charge is 2.51. The molecule has 18 heavy (non-hydrogen) atoms. The molecule has 98 valence electrons. The highest BCUT2D eigenvalue weighted by Crippen LogP contribution is 2.36. The molecule has 1 aromatic rings. The average molecular weight is 427 g/mol. The Kier molecular flexibility index (Phi) is 3.86. The molecule has 2 rings (SSSR count). The molecule has 0 aliphatic carbocycles. The lowest BCUT2D eigenvalue weighted by Crippen LogP contribution is -2.41. The predicted molar refractivity (Wildman–Crippen MR) is 82.5 cm³/mol. The van der Waals surface area contributed by atoms with E-state index < -0.39 is 18.3 Å². The predicted octanol–water partition coefficient (Wildman–Crippen LogP) is 3.49. The summed E-state index contributed by atoms with van der Waals surface area (Å²) >= 11 is 5.30. The Morgan fingerprint density at radius 3 is 2.11 bits per heavy atom. The fourth-order valence-corrected chi connectivity index (χ4v) is 2.46. The van der Waals surface area contributed by atoms with Crippen molar-refractivity contribution in [3.05, 3.63) is 26.0 Å². The molecule has 0 N–H and O–H groups in total. The van der Waals surface area contributed by atoms with Gasteiger partial charge in [0.05, 0.1) is 14.8 Å². The highest BCUT2D eigenvalue weighted by atomic mass is 127. The van der Waals surface area contributed by atoms with Gasteiger partial charge in [0, 0.05) is 4.47 Å². The van der Waals surface area contributed by atoms with Crippen LogP contribution in [-0.4, -0.2) is 18.3 Å². The number of rotatable bonds is 1. The highest BCUT2D eigenvalue weighted by molar-refractivity contribution is 14.1. The Morgan fingerprint density at radius 2 is 1.67 bits per heavy atom. The van der Waals surface area contributed by atoms with Crippen LogP contribution in [-0.2, 0) is 9.31 Å². The standard InChI is InChI=1S/C12H14BBrFIO2/c1-11(2)12(3,4)18-13(17-11)7-5-8(14)10(16)9(15)6-7/h5-6H,1-4H3. The SMILES string of the molecule is CC1(C)OB(c2cc(F)c(I)c(Br)c2)OC1(C)C. The van der Waals surface area contributed by atoms with Crippen molar-refractivity contribution < 1.29 is 13.7 Å². The molecule has 0 atom stereocenters. The van der Waals surface area contributed by atoms with E-state index in [4.69, 9.17) is 9.31 Å². The van der Waals surface area contributed by atoms with Crippen LogP contribution in [0.1, 0.15) is 27.7 Å². The van der Waals surface area contributed by atoms with Gasteiger partial charge in [-0.05, 0) is 83.8 Å². The van der Waals surface area contributed by atoms with Crippen molar-refractivity contribution in [2.75, 3.05) is 0 Å². The normalized spacial score (nSPS) is 21.4. The number of halogens is 3. The minimum absolute atomic E-state index is 0.269. The molecule has 0 radical (unpaired) electrons. The summed E-state index contributed by atoms with van der Waals surface area (Å²) in [5.41, 5.74) is -0.133. The summed E-state index contributed by atoms with van der Waals surface area (Å²) in [5.74, 6) is -0.269. The third-order valence-electron chi connectivity index (χ3n) is 3.53. The van der Waals surface area contributed by atoms with Crippen molar-refractivity contribution in [1.29, 1.82) is 0 Å². The summed E-state index contributed by atoms with van der Waals surface area (Å²) < 4.78 is 26.8. The molecule has 0 bridgehead atoms. The van der Waals surface area contributed by atoms with E-state index in [1.165, 1.54) is 6.07 Å². The molecule has 1 aliphatic heterocycles. The summed E-state index contributed by atoms with van der Waals surface area (Å²) in [6.07, 6.45) is 0. The van der Waals surface area contributed by atoms with Crippen molar-refractivity contribution in [3.8, 4) is 0 Å². The van der Waals surface area contributed by atoms with Gasteiger partial charge in [0.25, 0.3) is 0 Å². The molecule has 0 amide bonds. The minimum atomic E-state index is -0.530. The first-order chi connectivity index (χ1) is 8.14. The Hall–Kier alpha value is 0.345. The molecule has 1 aliphatic rings. The van der Waals surface area contributed by atoms with E-state index in [0.717, 1.165) is 0 Å². The second-order valence-corrected chi connectivity index (χ2v) is 7.32. The van der Waals surface area contributed by atoms with Crippen molar-refractivity contribution in [3.63, 3.8) is 0 Å². The molecule has 0 aromatic heterocycles. The van der Waals surface area contributed by atoms with Gasteiger partial charge in [-0.2, -0.15) is 0 Å². The zero-order valence-corrected chi connectivity index (χ0v) is 14.4. The maximum Gasteiger partial charge on any atom is 0.494 e. The Balaban J connectivity index is 2.36. The minimum Gasteiger partial charge on any atom is -0.399 e. The fraction of sp³-hybridized carbons (Fsp3) is 0.500. The molecule has 0 unspecified atom stereocenters. The van der Waals surface area contributed by atoms with Crippen LogP contribution in [0.3, 0.4) is 0 Å². The summed E-state index contributed by atoms with van der Waals surface area (Å²) in [7, 11) is -0.530. The van der Waals surface area contributed by atoms with Gasteiger partial charge in [-0.3, -0.25) is 0 Å². The lowest BCUT2D eigenvalue weighted by Gasteiger charge is -2.32. The quantitative estimate of drug-likeness (QED) is 0.389. The average Bonchev–Trinajstić information content (AvgIpc) is 2.44. The van der Waals surface area contributed by atoms with Crippen LogP contribution < -0.4 is 5.46 Å². The van der Waals surface area contributed by atoms with E-state index in [1.54, 1.807) is 0 Å². The monoisotopic (exact) mass is 426 g/mol. The molecule has 1 fully saturated rings. The molecule has 0 saturated carbocycles. The maximum atomic E-state index is 13.7. The fourth-order valence-electron chi connectivity index (χ4n) is 1.69. The summed E-state index contributed by atoms with van der Waals surface area (Å²) in [4.78, 5) is 0. The zero-order chi connectivity index (χ0) is 13.7. The second kappa shape index (κ2) is 4.72. The molecule has 2 nitrogen and oxygen atoms in total. The molecular formula is C12H14BBrFIO2. The second-order valence-electron chi connectivity index (χ2n) is 5.39. The van der Waals surface area contributed by atoms with Crippen LogP contribution in [0, 0.1) is 9.39 Å². The summed E-state index contributed by atoms with van der Waals surface area (Å²) in [5, 5.41) is 0. The van der Waals surface area contributed by atoms with E-state index in [0.29, 0.717) is 13.5 Å². The van der Waals surface area contributed by atoms with Crippen LogP contribution in [0.4, 0.5) is 4.39 Å². The first kappa shape index (κ1) is 14.7. The van der Waals surface area contributed by atoms with Crippen LogP contribution in [0.5, 0.6) is 0 Å². The lowest BCUT2D eigenvalue weighted by atomic mass is 9.79. The van der Waals surface area contributed by atoms with Gasteiger partial charge < -0.3 is 9.31 Å². The smallest absolute Gasteiger partial charge is 0.399 e. The topological polar surface area (TPSA) is 18.5 Å².